The third-order valence-electron chi connectivity index (χ3n) is 3.83. The first kappa shape index (κ1) is 12.0. The number of hydrogen-bond acceptors (Lipinski definition) is 2. The average molecular weight is 274 g/mol. The maximum absolute atomic E-state index is 12.3. The second-order valence-corrected chi connectivity index (χ2v) is 5.15. The lowest BCUT2D eigenvalue weighted by molar-refractivity contribution is 1.10. The van der Waals surface area contributed by atoms with Crippen LogP contribution in [-0.4, -0.2) is 4.98 Å². The van der Waals surface area contributed by atoms with Gasteiger partial charge < -0.3 is 9.88 Å². The summed E-state index contributed by atoms with van der Waals surface area (Å²) in [6, 6.07) is 17.5. The van der Waals surface area contributed by atoms with Gasteiger partial charge in [0.2, 0.25) is 0 Å². The van der Waals surface area contributed by atoms with E-state index in [0.29, 0.717) is 0 Å². The smallest absolute Gasteiger partial charge is 0.191 e. The lowest BCUT2D eigenvalue weighted by atomic mass is 10.1. The van der Waals surface area contributed by atoms with E-state index in [2.05, 4.69) is 23.2 Å². The predicted octanol–water partition coefficient (Wildman–Crippen LogP) is 3.74. The van der Waals surface area contributed by atoms with Crippen molar-refractivity contribution in [2.45, 2.75) is 6.42 Å². The van der Waals surface area contributed by atoms with Crippen LogP contribution >= 0.6 is 0 Å². The number of H-pyrrole nitrogens is 1. The van der Waals surface area contributed by atoms with Crippen molar-refractivity contribution in [2.24, 2.45) is 0 Å². The van der Waals surface area contributed by atoms with Crippen LogP contribution in [0.1, 0.15) is 5.56 Å². The molecule has 3 nitrogen and oxygen atoms in total. The third-order valence-corrected chi connectivity index (χ3v) is 3.83. The second kappa shape index (κ2) is 4.63. The van der Waals surface area contributed by atoms with Crippen LogP contribution in [-0.2, 0) is 6.42 Å². The van der Waals surface area contributed by atoms with E-state index in [-0.39, 0.29) is 5.43 Å². The zero-order valence-electron chi connectivity index (χ0n) is 11.4. The van der Waals surface area contributed by atoms with Crippen molar-refractivity contribution in [1.29, 1.82) is 0 Å². The number of benzene rings is 2. The molecular weight excluding hydrogens is 260 g/mol. The SMILES string of the molecule is O=c1cc(N2C=CCc3ccccc32)[nH]c2ccccc12. The molecule has 3 heteroatoms. The molecule has 21 heavy (non-hydrogen) atoms. The number of allylic oxidation sites excluding steroid dienone is 1. The third kappa shape index (κ3) is 1.94. The number of anilines is 2. The Kier molecular flexibility index (Phi) is 2.64. The van der Waals surface area contributed by atoms with Crippen LogP contribution in [0.2, 0.25) is 0 Å². The van der Waals surface area contributed by atoms with E-state index in [1.165, 1.54) is 5.56 Å². The van der Waals surface area contributed by atoms with Gasteiger partial charge in [-0.25, -0.2) is 0 Å². The Morgan fingerprint density at radius 1 is 1.00 bits per heavy atom. The van der Waals surface area contributed by atoms with Gasteiger partial charge in [-0.15, -0.1) is 0 Å². The van der Waals surface area contributed by atoms with Crippen molar-refractivity contribution >= 4 is 22.4 Å². The van der Waals surface area contributed by atoms with Crippen molar-refractivity contribution in [3.8, 4) is 0 Å². The Balaban J connectivity index is 1.93. The summed E-state index contributed by atoms with van der Waals surface area (Å²) in [6.45, 7) is 0. The summed E-state index contributed by atoms with van der Waals surface area (Å²) in [5.74, 6) is 0.794. The molecule has 0 atom stereocenters. The Bertz CT molecular complexity index is 908. The molecule has 0 saturated carbocycles. The number of nitrogens with zero attached hydrogens (tertiary/aromatic N) is 1. The molecule has 4 rings (SSSR count). The molecule has 0 unspecified atom stereocenters. The number of rotatable bonds is 1. The molecule has 0 fully saturated rings. The summed E-state index contributed by atoms with van der Waals surface area (Å²) in [5, 5.41) is 0.718. The Morgan fingerprint density at radius 2 is 1.81 bits per heavy atom. The van der Waals surface area contributed by atoms with E-state index in [1.54, 1.807) is 6.07 Å². The minimum absolute atomic E-state index is 0.0378. The molecule has 0 amide bonds. The van der Waals surface area contributed by atoms with E-state index in [4.69, 9.17) is 0 Å². The van der Waals surface area contributed by atoms with Crippen molar-refractivity contribution < 1.29 is 0 Å². The zero-order valence-corrected chi connectivity index (χ0v) is 11.4. The van der Waals surface area contributed by atoms with Crippen LogP contribution < -0.4 is 10.3 Å². The van der Waals surface area contributed by atoms with E-state index >= 15 is 0 Å². The highest BCUT2D eigenvalue weighted by Crippen LogP contribution is 2.31. The molecule has 0 spiro atoms. The summed E-state index contributed by atoms with van der Waals surface area (Å²) < 4.78 is 0. The number of fused-ring (bicyclic) bond motifs is 2. The summed E-state index contributed by atoms with van der Waals surface area (Å²) in [7, 11) is 0. The summed E-state index contributed by atoms with van der Waals surface area (Å²) in [5.41, 5.74) is 3.27. The summed E-state index contributed by atoms with van der Waals surface area (Å²) in [4.78, 5) is 17.7. The first-order chi connectivity index (χ1) is 10.3. The molecule has 102 valence electrons. The average Bonchev–Trinajstić information content (AvgIpc) is 2.54. The molecule has 2 heterocycles. The standard InChI is InChI=1S/C18H14N2O/c21-17-12-18(19-15-9-3-2-8-14(15)17)20-11-5-7-13-6-1-4-10-16(13)20/h1-6,8-12H,7H2,(H,19,21). The molecule has 0 radical (unpaired) electrons. The van der Waals surface area contributed by atoms with Gasteiger partial charge in [-0.2, -0.15) is 0 Å². The number of pyridine rings is 1. The van der Waals surface area contributed by atoms with Crippen LogP contribution in [0.4, 0.5) is 11.5 Å². The molecule has 1 N–H and O–H groups in total. The molecule has 0 bridgehead atoms. The van der Waals surface area contributed by atoms with Crippen molar-refractivity contribution in [1.82, 2.24) is 4.98 Å². The number of hydrogen-bond donors (Lipinski definition) is 1. The van der Waals surface area contributed by atoms with Gasteiger partial charge in [0.1, 0.15) is 5.82 Å². The fourth-order valence-electron chi connectivity index (χ4n) is 2.81. The number of nitrogens with one attached hydrogen (secondary N) is 1. The minimum atomic E-state index is 0.0378. The van der Waals surface area contributed by atoms with E-state index in [0.717, 1.165) is 28.8 Å². The van der Waals surface area contributed by atoms with Crippen LogP contribution in [0, 0.1) is 0 Å². The number of para-hydroxylation sites is 2. The molecule has 2 aromatic carbocycles. The van der Waals surface area contributed by atoms with Crippen LogP contribution in [0.25, 0.3) is 10.9 Å². The second-order valence-electron chi connectivity index (χ2n) is 5.15. The first-order valence-electron chi connectivity index (χ1n) is 6.99. The highest BCUT2D eigenvalue weighted by atomic mass is 16.1. The minimum Gasteiger partial charge on any atom is -0.341 e. The lowest BCUT2D eigenvalue weighted by Crippen LogP contribution is -2.17. The van der Waals surface area contributed by atoms with Crippen LogP contribution in [0.3, 0.4) is 0 Å². The number of aromatic nitrogens is 1. The molecular formula is C18H14N2O. The van der Waals surface area contributed by atoms with Gasteiger partial charge in [0.15, 0.2) is 5.43 Å². The summed E-state index contributed by atoms with van der Waals surface area (Å²) in [6.07, 6.45) is 5.04. The van der Waals surface area contributed by atoms with Gasteiger partial charge in [0, 0.05) is 17.7 Å². The maximum atomic E-state index is 12.3. The van der Waals surface area contributed by atoms with Gasteiger partial charge in [-0.3, -0.25) is 4.79 Å². The van der Waals surface area contributed by atoms with Gasteiger partial charge in [-0.1, -0.05) is 36.4 Å². The van der Waals surface area contributed by atoms with Gasteiger partial charge in [0.25, 0.3) is 0 Å². The zero-order chi connectivity index (χ0) is 14.2. The summed E-state index contributed by atoms with van der Waals surface area (Å²) >= 11 is 0. The van der Waals surface area contributed by atoms with Gasteiger partial charge >= 0.3 is 0 Å². The number of aromatic amines is 1. The van der Waals surface area contributed by atoms with Crippen molar-refractivity contribution in [3.63, 3.8) is 0 Å². The van der Waals surface area contributed by atoms with Crippen molar-refractivity contribution in [2.75, 3.05) is 4.90 Å². The Hall–Kier alpha value is -2.81. The predicted molar refractivity (Wildman–Crippen MR) is 86.0 cm³/mol. The molecule has 3 aromatic rings. The van der Waals surface area contributed by atoms with Crippen molar-refractivity contribution in [3.05, 3.63) is 82.7 Å². The van der Waals surface area contributed by atoms with Crippen LogP contribution in [0.5, 0.6) is 0 Å². The van der Waals surface area contributed by atoms with E-state index in [1.807, 2.05) is 47.5 Å². The van der Waals surface area contributed by atoms with E-state index in [9.17, 15) is 4.79 Å². The van der Waals surface area contributed by atoms with Gasteiger partial charge in [0.05, 0.1) is 11.2 Å². The topological polar surface area (TPSA) is 36.1 Å². The first-order valence-corrected chi connectivity index (χ1v) is 6.99. The van der Waals surface area contributed by atoms with Gasteiger partial charge in [-0.05, 0) is 30.2 Å². The Morgan fingerprint density at radius 3 is 2.76 bits per heavy atom. The van der Waals surface area contributed by atoms with Crippen LogP contribution in [0.15, 0.2) is 71.7 Å². The molecule has 0 aliphatic carbocycles. The highest BCUT2D eigenvalue weighted by Gasteiger charge is 2.15. The molecule has 1 aliphatic rings. The maximum Gasteiger partial charge on any atom is 0.191 e. The fraction of sp³-hybridized carbons (Fsp3) is 0.0556. The quantitative estimate of drug-likeness (QED) is 0.734. The highest BCUT2D eigenvalue weighted by molar-refractivity contribution is 5.81. The fourth-order valence-corrected chi connectivity index (χ4v) is 2.81. The normalized spacial score (nSPS) is 13.4. The largest absolute Gasteiger partial charge is 0.341 e. The molecule has 0 saturated heterocycles. The molecule has 1 aliphatic heterocycles. The monoisotopic (exact) mass is 274 g/mol. The lowest BCUT2D eigenvalue weighted by Gasteiger charge is -2.26. The van der Waals surface area contributed by atoms with E-state index < -0.39 is 0 Å². The molecule has 1 aromatic heterocycles. The Labute approximate surface area is 122 Å².